The molecule has 13 nitrogen and oxygen atoms in total. The second-order valence-electron chi connectivity index (χ2n) is 11.2. The highest BCUT2D eigenvalue weighted by Crippen LogP contribution is 2.19. The van der Waals surface area contributed by atoms with Crippen LogP contribution in [0.25, 0.3) is 0 Å². The van der Waals surface area contributed by atoms with Gasteiger partial charge in [0.25, 0.3) is 17.7 Å². The van der Waals surface area contributed by atoms with E-state index in [-0.39, 0.29) is 42.5 Å². The molecule has 2 aliphatic heterocycles. The fraction of sp³-hybridized carbons (Fsp3) is 0.533. The van der Waals surface area contributed by atoms with Crippen molar-refractivity contribution >= 4 is 41.1 Å². The minimum atomic E-state index is -1.29. The van der Waals surface area contributed by atoms with Gasteiger partial charge in [-0.25, -0.2) is 0 Å². The number of imide groups is 1. The Kier molecular flexibility index (Phi) is 12.4. The zero-order valence-electron chi connectivity index (χ0n) is 25.0. The molecule has 2 unspecified atom stereocenters. The fourth-order valence-corrected chi connectivity index (χ4v) is 4.74. The number of aliphatic hydroxyl groups excluding tert-OH is 1. The van der Waals surface area contributed by atoms with Gasteiger partial charge in [0.1, 0.15) is 6.04 Å². The highest BCUT2D eigenvalue weighted by atomic mass is 16.3. The van der Waals surface area contributed by atoms with Crippen LogP contribution in [0.4, 0.5) is 5.69 Å². The number of aliphatic hydroxyl groups is 1. The molecule has 2 heterocycles. The Hall–Kier alpha value is -4.10. The molecule has 0 radical (unpaired) electrons. The highest BCUT2D eigenvalue weighted by molar-refractivity contribution is 6.12. The molecule has 1 aromatic carbocycles. The highest BCUT2D eigenvalue weighted by Gasteiger charge is 2.27. The van der Waals surface area contributed by atoms with E-state index in [1.165, 1.54) is 12.2 Å². The Morgan fingerprint density at radius 3 is 2.12 bits per heavy atom. The van der Waals surface area contributed by atoms with Gasteiger partial charge in [-0.05, 0) is 43.5 Å². The van der Waals surface area contributed by atoms with E-state index in [0.29, 0.717) is 50.1 Å². The zero-order valence-corrected chi connectivity index (χ0v) is 25.0. The summed E-state index contributed by atoms with van der Waals surface area (Å²) in [7, 11) is 1.98. The monoisotopic (exact) mass is 598 g/mol. The Labute approximate surface area is 251 Å². The van der Waals surface area contributed by atoms with Crippen molar-refractivity contribution in [3.63, 3.8) is 0 Å². The van der Waals surface area contributed by atoms with Crippen LogP contribution in [-0.4, -0.2) is 108 Å². The maximum absolute atomic E-state index is 12.7. The minimum Gasteiger partial charge on any atom is -0.378 e. The van der Waals surface area contributed by atoms with Crippen LogP contribution in [0.5, 0.6) is 0 Å². The number of piperazine rings is 1. The summed E-state index contributed by atoms with van der Waals surface area (Å²) in [6, 6.07) is 5.46. The predicted octanol–water partition coefficient (Wildman–Crippen LogP) is 0.175. The molecule has 13 heteroatoms. The summed E-state index contributed by atoms with van der Waals surface area (Å²) in [6.07, 6.45) is 3.11. The number of hydrogen-bond donors (Lipinski definition) is 4. The van der Waals surface area contributed by atoms with Crippen LogP contribution in [-0.2, 0) is 28.8 Å². The summed E-state index contributed by atoms with van der Waals surface area (Å²) in [5.41, 5.74) is 0.852. The largest absolute Gasteiger partial charge is 0.378 e. The molecule has 4 N–H and O–H groups in total. The summed E-state index contributed by atoms with van der Waals surface area (Å²) in [4.78, 5) is 78.3. The van der Waals surface area contributed by atoms with Gasteiger partial charge in [-0.3, -0.25) is 33.7 Å². The molecule has 0 aliphatic carbocycles. The van der Waals surface area contributed by atoms with E-state index >= 15 is 0 Å². The second kappa shape index (κ2) is 15.9. The van der Waals surface area contributed by atoms with E-state index in [1.807, 2.05) is 7.05 Å². The third-order valence-corrected chi connectivity index (χ3v) is 7.43. The number of benzene rings is 1. The lowest BCUT2D eigenvalue weighted by Crippen LogP contribution is -2.51. The number of hydrogen-bond acceptors (Lipinski definition) is 8. The number of carbonyl (C=O) groups excluding carboxylic acids is 6. The van der Waals surface area contributed by atoms with Crippen molar-refractivity contribution in [3.8, 4) is 0 Å². The first-order valence-electron chi connectivity index (χ1n) is 14.6. The van der Waals surface area contributed by atoms with Crippen LogP contribution in [0.15, 0.2) is 36.4 Å². The van der Waals surface area contributed by atoms with Gasteiger partial charge in [0.05, 0.1) is 6.54 Å². The Balaban J connectivity index is 1.37. The molecular weight excluding hydrogens is 556 g/mol. The van der Waals surface area contributed by atoms with Gasteiger partial charge in [0.2, 0.25) is 17.7 Å². The summed E-state index contributed by atoms with van der Waals surface area (Å²) in [6.45, 7) is 6.16. The molecule has 6 amide bonds. The summed E-state index contributed by atoms with van der Waals surface area (Å²) < 4.78 is 0. The van der Waals surface area contributed by atoms with Gasteiger partial charge in [0, 0.05) is 57.0 Å². The van der Waals surface area contributed by atoms with Crippen LogP contribution in [0.3, 0.4) is 0 Å². The average Bonchev–Trinajstić information content (AvgIpc) is 3.30. The van der Waals surface area contributed by atoms with Crippen molar-refractivity contribution in [1.82, 2.24) is 25.3 Å². The molecule has 0 bridgehead atoms. The molecule has 1 fully saturated rings. The normalized spacial score (nSPS) is 16.8. The number of carbonyl (C=O) groups is 6. The number of rotatable bonds is 14. The zero-order chi connectivity index (χ0) is 31.5. The van der Waals surface area contributed by atoms with Crippen molar-refractivity contribution in [2.24, 2.45) is 5.92 Å². The summed E-state index contributed by atoms with van der Waals surface area (Å²) >= 11 is 0. The first-order chi connectivity index (χ1) is 20.5. The maximum atomic E-state index is 12.7. The number of nitrogens with zero attached hydrogens (tertiary/aromatic N) is 3. The molecule has 1 aromatic rings. The van der Waals surface area contributed by atoms with Gasteiger partial charge in [-0.2, -0.15) is 0 Å². The van der Waals surface area contributed by atoms with E-state index in [0.717, 1.165) is 18.0 Å². The molecule has 1 saturated heterocycles. The Morgan fingerprint density at radius 1 is 0.884 bits per heavy atom. The molecule has 0 spiro atoms. The van der Waals surface area contributed by atoms with Crippen molar-refractivity contribution < 1.29 is 33.9 Å². The third-order valence-electron chi connectivity index (χ3n) is 7.43. The van der Waals surface area contributed by atoms with Crippen LogP contribution >= 0.6 is 0 Å². The van der Waals surface area contributed by atoms with Crippen molar-refractivity contribution in [2.45, 2.75) is 51.7 Å². The standard InChI is InChI=1S/C30H42N6O7/c1-20(2)27(33-23(37)7-5-4-6-14-36-25(39)12-13-26(36)40)29(42)31-19-24(38)32-22-10-8-21(9-11-22)28(41)30(43)35-17-15-34(3)16-18-35/h8-13,20,27-28,41H,4-7,14-19H2,1-3H3,(H,31,42)(H,32,38)(H,33,37). The number of anilines is 1. The average molecular weight is 599 g/mol. The lowest BCUT2D eigenvalue weighted by molar-refractivity contribution is -0.142. The maximum Gasteiger partial charge on any atom is 0.256 e. The molecule has 0 saturated carbocycles. The quantitative estimate of drug-likeness (QED) is 0.174. The number of unbranched alkanes of at least 4 members (excludes halogenated alkanes) is 2. The lowest BCUT2D eigenvalue weighted by Gasteiger charge is -2.33. The molecule has 0 aromatic heterocycles. The molecule has 2 atom stereocenters. The molecular formula is C30H42N6O7. The number of nitrogens with one attached hydrogen (secondary N) is 3. The second-order valence-corrected chi connectivity index (χ2v) is 11.2. The van der Waals surface area contributed by atoms with Crippen molar-refractivity contribution in [2.75, 3.05) is 51.6 Å². The van der Waals surface area contributed by atoms with Gasteiger partial charge in [-0.1, -0.05) is 32.4 Å². The van der Waals surface area contributed by atoms with Crippen LogP contribution in [0.2, 0.25) is 0 Å². The topological polar surface area (TPSA) is 168 Å². The lowest BCUT2D eigenvalue weighted by atomic mass is 10.0. The smallest absolute Gasteiger partial charge is 0.256 e. The fourth-order valence-electron chi connectivity index (χ4n) is 4.74. The first kappa shape index (κ1) is 33.4. The van der Waals surface area contributed by atoms with Crippen molar-refractivity contribution in [1.29, 1.82) is 0 Å². The van der Waals surface area contributed by atoms with E-state index < -0.39 is 24.0 Å². The van der Waals surface area contributed by atoms with Crippen LogP contribution in [0.1, 0.15) is 51.2 Å². The third kappa shape index (κ3) is 10.00. The molecule has 3 rings (SSSR count). The predicted molar refractivity (Wildman–Crippen MR) is 158 cm³/mol. The van der Waals surface area contributed by atoms with Crippen molar-refractivity contribution in [3.05, 3.63) is 42.0 Å². The minimum absolute atomic E-state index is 0.183. The van der Waals surface area contributed by atoms with Gasteiger partial charge in [0.15, 0.2) is 6.10 Å². The SMILES string of the molecule is CC(C)C(NC(=O)CCCCCN1C(=O)C=CC1=O)C(=O)NCC(=O)Nc1ccc(C(O)C(=O)N2CCN(C)CC2)cc1. The Bertz CT molecular complexity index is 1190. The van der Waals surface area contributed by atoms with Crippen LogP contribution < -0.4 is 16.0 Å². The van der Waals surface area contributed by atoms with E-state index in [9.17, 15) is 33.9 Å². The number of amides is 6. The molecule has 234 valence electrons. The summed E-state index contributed by atoms with van der Waals surface area (Å²) in [5.74, 6) is -2.51. The molecule has 43 heavy (non-hydrogen) atoms. The van der Waals surface area contributed by atoms with Gasteiger partial charge in [-0.15, -0.1) is 0 Å². The van der Waals surface area contributed by atoms with E-state index in [2.05, 4.69) is 20.9 Å². The van der Waals surface area contributed by atoms with Gasteiger partial charge >= 0.3 is 0 Å². The van der Waals surface area contributed by atoms with E-state index in [1.54, 1.807) is 43.0 Å². The number of likely N-dealkylation sites (N-methyl/N-ethyl adjacent to an activating group) is 1. The molecule has 2 aliphatic rings. The Morgan fingerprint density at radius 2 is 1.51 bits per heavy atom. The van der Waals surface area contributed by atoms with Crippen LogP contribution in [0, 0.1) is 5.92 Å². The first-order valence-corrected chi connectivity index (χ1v) is 14.6. The summed E-state index contributed by atoms with van der Waals surface area (Å²) in [5, 5.41) is 18.5. The van der Waals surface area contributed by atoms with Gasteiger partial charge < -0.3 is 30.9 Å². The van der Waals surface area contributed by atoms with E-state index in [4.69, 9.17) is 0 Å².